The molecule has 2 aromatic rings. The summed E-state index contributed by atoms with van der Waals surface area (Å²) in [6.45, 7) is 8.88. The molecule has 0 fully saturated rings. The summed E-state index contributed by atoms with van der Waals surface area (Å²) < 4.78 is 11.8. The summed E-state index contributed by atoms with van der Waals surface area (Å²) in [4.78, 5) is 21.7. The number of nitrogens with zero attached hydrogens (tertiary/aromatic N) is 2. The molecular formula is C16H22N2O5V. The van der Waals surface area contributed by atoms with Crippen LogP contribution in [0.25, 0.3) is 0 Å². The van der Waals surface area contributed by atoms with E-state index in [1.54, 1.807) is 26.2 Å². The van der Waals surface area contributed by atoms with E-state index in [9.17, 15) is 19.8 Å². The number of hydrogen-bond acceptors (Lipinski definition) is 5. The standard InChI is InChI=1S/2C8H11NO2.O.V/c2*1-3-9-5-4-7(10)8(11)6(9)2;;/h2*4-5,11H,3H2,1-2H3;;. The Balaban J connectivity index is 0.000000400. The van der Waals surface area contributed by atoms with E-state index in [4.69, 9.17) is 3.67 Å². The third-order valence-electron chi connectivity index (χ3n) is 3.51. The van der Waals surface area contributed by atoms with Gasteiger partial charge in [0.1, 0.15) is 0 Å². The van der Waals surface area contributed by atoms with Gasteiger partial charge in [-0.1, -0.05) is 0 Å². The van der Waals surface area contributed by atoms with Gasteiger partial charge in [0.25, 0.3) is 0 Å². The molecule has 0 saturated carbocycles. The maximum absolute atomic E-state index is 10.8. The fourth-order valence-electron chi connectivity index (χ4n) is 2.01. The molecule has 0 radical (unpaired) electrons. The molecule has 131 valence electrons. The summed E-state index contributed by atoms with van der Waals surface area (Å²) in [5.41, 5.74) is 0.624. The molecule has 0 spiro atoms. The molecule has 2 N–H and O–H groups in total. The Morgan fingerprint density at radius 3 is 1.38 bits per heavy atom. The minimum absolute atomic E-state index is 0.144. The van der Waals surface area contributed by atoms with Gasteiger partial charge in [0.2, 0.25) is 10.9 Å². The van der Waals surface area contributed by atoms with Gasteiger partial charge in [0.05, 0.1) is 11.4 Å². The molecule has 0 amide bonds. The van der Waals surface area contributed by atoms with Crippen LogP contribution in [0.1, 0.15) is 25.2 Å². The van der Waals surface area contributed by atoms with Crippen LogP contribution in [0.2, 0.25) is 0 Å². The second kappa shape index (κ2) is 10.6. The predicted molar refractivity (Wildman–Crippen MR) is 86.2 cm³/mol. The zero-order chi connectivity index (χ0) is 18.9. The molecule has 0 bridgehead atoms. The van der Waals surface area contributed by atoms with E-state index in [1.807, 2.05) is 23.0 Å². The zero-order valence-electron chi connectivity index (χ0n) is 14.2. The molecule has 2 rings (SSSR count). The zero-order valence-corrected chi connectivity index (χ0v) is 15.6. The quantitative estimate of drug-likeness (QED) is 0.833. The average Bonchev–Trinajstić information content (AvgIpc) is 2.60. The maximum atomic E-state index is 10.8. The fourth-order valence-corrected chi connectivity index (χ4v) is 2.01. The van der Waals surface area contributed by atoms with Crippen molar-refractivity contribution in [3.05, 3.63) is 56.4 Å². The van der Waals surface area contributed by atoms with Crippen molar-refractivity contribution in [2.75, 3.05) is 0 Å². The van der Waals surface area contributed by atoms with Gasteiger partial charge in [-0.2, -0.15) is 0 Å². The van der Waals surface area contributed by atoms with Crippen molar-refractivity contribution in [1.82, 2.24) is 9.13 Å². The van der Waals surface area contributed by atoms with E-state index in [-0.39, 0.29) is 22.4 Å². The average molecular weight is 373 g/mol. The molecule has 0 aromatic carbocycles. The molecule has 7 nitrogen and oxygen atoms in total. The summed E-state index contributed by atoms with van der Waals surface area (Å²) in [5.74, 6) is -0.288. The van der Waals surface area contributed by atoms with E-state index in [0.717, 1.165) is 30.5 Å². The van der Waals surface area contributed by atoms with Crippen LogP contribution in [0, 0.1) is 13.8 Å². The monoisotopic (exact) mass is 373 g/mol. The van der Waals surface area contributed by atoms with Crippen molar-refractivity contribution in [2.24, 2.45) is 0 Å². The number of aryl methyl sites for hydroxylation is 2. The van der Waals surface area contributed by atoms with E-state index >= 15 is 0 Å². The van der Waals surface area contributed by atoms with Crippen LogP contribution in [0.4, 0.5) is 0 Å². The first kappa shape index (κ1) is 21.9. The molecular weight excluding hydrogens is 351 g/mol. The summed E-state index contributed by atoms with van der Waals surface area (Å²) >= 11 is 1.06. The topological polar surface area (TPSA) is 102 Å². The number of aromatic hydroxyl groups is 2. The van der Waals surface area contributed by atoms with E-state index in [1.165, 1.54) is 12.1 Å². The van der Waals surface area contributed by atoms with E-state index in [0.29, 0.717) is 11.4 Å². The minimum atomic E-state index is -0.313. The van der Waals surface area contributed by atoms with Crippen molar-refractivity contribution in [3.8, 4) is 11.5 Å². The first-order chi connectivity index (χ1) is 11.3. The Morgan fingerprint density at radius 1 is 0.833 bits per heavy atom. The van der Waals surface area contributed by atoms with Crippen LogP contribution < -0.4 is 10.9 Å². The predicted octanol–water partition coefficient (Wildman–Crippen LogP) is 1.64. The third-order valence-corrected chi connectivity index (χ3v) is 3.51. The molecule has 0 unspecified atom stereocenters. The van der Waals surface area contributed by atoms with E-state index in [2.05, 4.69) is 0 Å². The van der Waals surface area contributed by atoms with Crippen molar-refractivity contribution < 1.29 is 31.3 Å². The summed E-state index contributed by atoms with van der Waals surface area (Å²) in [7, 11) is 0. The molecule has 0 aliphatic heterocycles. The van der Waals surface area contributed by atoms with Gasteiger partial charge >= 0.3 is 21.0 Å². The second-order valence-electron chi connectivity index (χ2n) is 4.80. The van der Waals surface area contributed by atoms with Crippen LogP contribution in [0.5, 0.6) is 11.5 Å². The van der Waals surface area contributed by atoms with Crippen LogP contribution in [-0.4, -0.2) is 19.3 Å². The van der Waals surface area contributed by atoms with Gasteiger partial charge in [0, 0.05) is 37.6 Å². The van der Waals surface area contributed by atoms with Gasteiger partial charge in [-0.3, -0.25) is 9.59 Å². The van der Waals surface area contributed by atoms with Gasteiger partial charge < -0.3 is 19.3 Å². The molecule has 8 heteroatoms. The Bertz CT molecular complexity index is 718. The summed E-state index contributed by atoms with van der Waals surface area (Å²) in [5, 5.41) is 18.4. The van der Waals surface area contributed by atoms with Crippen LogP contribution in [0.3, 0.4) is 0 Å². The molecule has 0 saturated heterocycles. The Hall–Kier alpha value is -2.12. The van der Waals surface area contributed by atoms with Crippen molar-refractivity contribution in [3.63, 3.8) is 0 Å². The number of aromatic nitrogens is 2. The van der Waals surface area contributed by atoms with Gasteiger partial charge in [-0.05, 0) is 27.7 Å². The number of hydrogen-bond donors (Lipinski definition) is 2. The first-order valence-electron chi connectivity index (χ1n) is 7.29. The van der Waals surface area contributed by atoms with E-state index < -0.39 is 0 Å². The Morgan fingerprint density at radius 2 is 1.12 bits per heavy atom. The van der Waals surface area contributed by atoms with Crippen LogP contribution >= 0.6 is 0 Å². The molecule has 2 heterocycles. The normalized spacial score (nSPS) is 9.29. The second-order valence-corrected chi connectivity index (χ2v) is 4.80. The van der Waals surface area contributed by atoms with Crippen LogP contribution in [-0.2, 0) is 34.1 Å². The molecule has 0 aliphatic carbocycles. The van der Waals surface area contributed by atoms with Gasteiger partial charge in [-0.25, -0.2) is 0 Å². The molecule has 24 heavy (non-hydrogen) atoms. The fraction of sp³-hybridized carbons (Fsp3) is 0.375. The Kier molecular flexibility index (Phi) is 9.68. The van der Waals surface area contributed by atoms with Gasteiger partial charge in [-0.15, -0.1) is 0 Å². The van der Waals surface area contributed by atoms with Crippen LogP contribution in [0.15, 0.2) is 34.1 Å². The molecule has 0 atom stereocenters. The summed E-state index contributed by atoms with van der Waals surface area (Å²) in [6, 6.07) is 2.73. The number of pyridine rings is 2. The van der Waals surface area contributed by atoms with Gasteiger partial charge in [0.15, 0.2) is 11.5 Å². The molecule has 0 aliphatic rings. The molecule has 2 aromatic heterocycles. The summed E-state index contributed by atoms with van der Waals surface area (Å²) in [6.07, 6.45) is 3.36. The van der Waals surface area contributed by atoms with Crippen molar-refractivity contribution in [1.29, 1.82) is 0 Å². The Labute approximate surface area is 149 Å². The number of rotatable bonds is 2. The van der Waals surface area contributed by atoms with Crippen molar-refractivity contribution in [2.45, 2.75) is 40.8 Å². The first-order valence-corrected chi connectivity index (χ1v) is 7.86. The third kappa shape index (κ3) is 5.51. The van der Waals surface area contributed by atoms with Crippen molar-refractivity contribution >= 4 is 0 Å². The SMILES string of the molecule is CCn1ccc(=O)c(O)c1C.CCn1ccc(=O)c(O)c1C.[O]=[V].